The van der Waals surface area contributed by atoms with Gasteiger partial charge in [0.15, 0.2) is 0 Å². The number of nitrogens with zero attached hydrogens (tertiary/aromatic N) is 1. The van der Waals surface area contributed by atoms with E-state index in [0.29, 0.717) is 0 Å². The van der Waals surface area contributed by atoms with Crippen molar-refractivity contribution in [2.24, 2.45) is 17.6 Å². The van der Waals surface area contributed by atoms with Crippen LogP contribution in [0.4, 0.5) is 0 Å². The van der Waals surface area contributed by atoms with Crippen molar-refractivity contribution in [2.45, 2.75) is 51.5 Å². The maximum atomic E-state index is 5.72. The van der Waals surface area contributed by atoms with Gasteiger partial charge in [0.2, 0.25) is 0 Å². The number of rotatable bonds is 5. The summed E-state index contributed by atoms with van der Waals surface area (Å²) >= 11 is 0. The lowest BCUT2D eigenvalue weighted by molar-refractivity contribution is 0.181. The Balaban J connectivity index is 1.70. The molecule has 0 aliphatic heterocycles. The molecule has 2 aliphatic rings. The Morgan fingerprint density at radius 2 is 1.60 bits per heavy atom. The Morgan fingerprint density at radius 1 is 1.00 bits per heavy atom. The molecule has 0 aromatic heterocycles. The van der Waals surface area contributed by atoms with Gasteiger partial charge in [-0.1, -0.05) is 6.92 Å². The minimum atomic E-state index is 0.831. The Morgan fingerprint density at radius 3 is 2.07 bits per heavy atom. The van der Waals surface area contributed by atoms with Gasteiger partial charge < -0.3 is 10.6 Å². The van der Waals surface area contributed by atoms with E-state index in [0.717, 1.165) is 24.4 Å². The zero-order chi connectivity index (χ0) is 10.7. The van der Waals surface area contributed by atoms with Crippen LogP contribution in [0.15, 0.2) is 0 Å². The van der Waals surface area contributed by atoms with Crippen molar-refractivity contribution in [1.82, 2.24) is 4.90 Å². The molecule has 0 radical (unpaired) electrons. The highest BCUT2D eigenvalue weighted by Crippen LogP contribution is 2.32. The Kier molecular flexibility index (Phi) is 4.04. The molecule has 0 unspecified atom stereocenters. The van der Waals surface area contributed by atoms with Crippen LogP contribution < -0.4 is 5.73 Å². The Hall–Kier alpha value is -0.0800. The summed E-state index contributed by atoms with van der Waals surface area (Å²) in [4.78, 5) is 2.70. The SMILES string of the molecule is CCN(CC1CCC(CN)CC1)C1CC1. The molecule has 0 heterocycles. The lowest BCUT2D eigenvalue weighted by Crippen LogP contribution is -2.33. The first-order chi connectivity index (χ1) is 7.33. The van der Waals surface area contributed by atoms with Gasteiger partial charge in [-0.05, 0) is 63.5 Å². The molecule has 2 nitrogen and oxygen atoms in total. The van der Waals surface area contributed by atoms with Crippen LogP contribution >= 0.6 is 0 Å². The minimum Gasteiger partial charge on any atom is -0.330 e. The van der Waals surface area contributed by atoms with Gasteiger partial charge in [-0.25, -0.2) is 0 Å². The first kappa shape index (κ1) is 11.4. The van der Waals surface area contributed by atoms with Gasteiger partial charge in [0.25, 0.3) is 0 Å². The van der Waals surface area contributed by atoms with Crippen LogP contribution in [0.25, 0.3) is 0 Å². The molecular formula is C13H26N2. The van der Waals surface area contributed by atoms with Crippen LogP contribution in [0, 0.1) is 11.8 Å². The second-order valence-corrected chi connectivity index (χ2v) is 5.44. The second-order valence-electron chi connectivity index (χ2n) is 5.44. The normalized spacial score (nSPS) is 32.2. The van der Waals surface area contributed by atoms with Crippen molar-refractivity contribution in [3.05, 3.63) is 0 Å². The van der Waals surface area contributed by atoms with E-state index >= 15 is 0 Å². The van der Waals surface area contributed by atoms with Gasteiger partial charge in [0, 0.05) is 12.6 Å². The van der Waals surface area contributed by atoms with E-state index in [1.807, 2.05) is 0 Å². The highest BCUT2D eigenvalue weighted by Gasteiger charge is 2.30. The summed E-state index contributed by atoms with van der Waals surface area (Å²) in [5.41, 5.74) is 5.72. The van der Waals surface area contributed by atoms with Crippen molar-refractivity contribution in [3.8, 4) is 0 Å². The highest BCUT2D eigenvalue weighted by atomic mass is 15.2. The monoisotopic (exact) mass is 210 g/mol. The number of nitrogens with two attached hydrogens (primary N) is 1. The number of hydrogen-bond donors (Lipinski definition) is 1. The smallest absolute Gasteiger partial charge is 0.00964 e. The van der Waals surface area contributed by atoms with Crippen LogP contribution in [0.5, 0.6) is 0 Å². The van der Waals surface area contributed by atoms with Crippen molar-refractivity contribution in [1.29, 1.82) is 0 Å². The highest BCUT2D eigenvalue weighted by molar-refractivity contribution is 4.86. The fraction of sp³-hybridized carbons (Fsp3) is 1.00. The molecule has 2 aliphatic carbocycles. The summed E-state index contributed by atoms with van der Waals surface area (Å²) in [6.45, 7) is 5.83. The van der Waals surface area contributed by atoms with Gasteiger partial charge >= 0.3 is 0 Å². The first-order valence-corrected chi connectivity index (χ1v) is 6.77. The molecule has 0 atom stereocenters. The lowest BCUT2D eigenvalue weighted by atomic mass is 9.82. The van der Waals surface area contributed by atoms with Crippen molar-refractivity contribution in [2.75, 3.05) is 19.6 Å². The molecular weight excluding hydrogens is 184 g/mol. The molecule has 15 heavy (non-hydrogen) atoms. The lowest BCUT2D eigenvalue weighted by Gasteiger charge is -2.32. The third-order valence-electron chi connectivity index (χ3n) is 4.26. The fourth-order valence-electron chi connectivity index (χ4n) is 2.96. The number of hydrogen-bond acceptors (Lipinski definition) is 2. The fourth-order valence-corrected chi connectivity index (χ4v) is 2.96. The zero-order valence-electron chi connectivity index (χ0n) is 10.1. The van der Waals surface area contributed by atoms with E-state index in [-0.39, 0.29) is 0 Å². The second kappa shape index (κ2) is 5.31. The van der Waals surface area contributed by atoms with Crippen molar-refractivity contribution >= 4 is 0 Å². The Labute approximate surface area is 94.2 Å². The summed E-state index contributed by atoms with van der Waals surface area (Å²) in [7, 11) is 0. The summed E-state index contributed by atoms with van der Waals surface area (Å²) in [5, 5.41) is 0. The predicted molar refractivity (Wildman–Crippen MR) is 64.8 cm³/mol. The standard InChI is InChI=1S/C13H26N2/c1-2-15(13-7-8-13)10-12-5-3-11(9-14)4-6-12/h11-13H,2-10,14H2,1H3. The van der Waals surface area contributed by atoms with Gasteiger partial charge in [0.1, 0.15) is 0 Å². The van der Waals surface area contributed by atoms with E-state index in [2.05, 4.69) is 11.8 Å². The van der Waals surface area contributed by atoms with E-state index in [1.54, 1.807) is 0 Å². The van der Waals surface area contributed by atoms with Crippen LogP contribution in [0.3, 0.4) is 0 Å². The molecule has 0 aromatic rings. The van der Waals surface area contributed by atoms with E-state index in [1.165, 1.54) is 51.6 Å². The van der Waals surface area contributed by atoms with Crippen LogP contribution in [0.1, 0.15) is 45.4 Å². The van der Waals surface area contributed by atoms with E-state index < -0.39 is 0 Å². The van der Waals surface area contributed by atoms with E-state index in [4.69, 9.17) is 5.73 Å². The predicted octanol–water partition coefficient (Wildman–Crippen LogP) is 2.24. The van der Waals surface area contributed by atoms with E-state index in [9.17, 15) is 0 Å². The molecule has 2 N–H and O–H groups in total. The van der Waals surface area contributed by atoms with Crippen molar-refractivity contribution < 1.29 is 0 Å². The summed E-state index contributed by atoms with van der Waals surface area (Å²) in [5.74, 6) is 1.80. The topological polar surface area (TPSA) is 29.3 Å². The molecule has 2 heteroatoms. The quantitative estimate of drug-likeness (QED) is 0.754. The van der Waals surface area contributed by atoms with Crippen LogP contribution in [-0.4, -0.2) is 30.6 Å². The van der Waals surface area contributed by atoms with Gasteiger partial charge in [-0.15, -0.1) is 0 Å². The average Bonchev–Trinajstić information content (AvgIpc) is 3.10. The largest absolute Gasteiger partial charge is 0.330 e. The van der Waals surface area contributed by atoms with Crippen molar-refractivity contribution in [3.63, 3.8) is 0 Å². The van der Waals surface area contributed by atoms with Crippen LogP contribution in [0.2, 0.25) is 0 Å². The molecule has 0 amide bonds. The zero-order valence-corrected chi connectivity index (χ0v) is 10.1. The van der Waals surface area contributed by atoms with Gasteiger partial charge in [-0.3, -0.25) is 0 Å². The van der Waals surface area contributed by atoms with Gasteiger partial charge in [0.05, 0.1) is 0 Å². The summed E-state index contributed by atoms with van der Waals surface area (Å²) in [6, 6.07) is 0.947. The maximum absolute atomic E-state index is 5.72. The minimum absolute atomic E-state index is 0.831. The summed E-state index contributed by atoms with van der Waals surface area (Å²) < 4.78 is 0. The summed E-state index contributed by atoms with van der Waals surface area (Å²) in [6.07, 6.45) is 8.50. The molecule has 0 bridgehead atoms. The van der Waals surface area contributed by atoms with Crippen LogP contribution in [-0.2, 0) is 0 Å². The third-order valence-corrected chi connectivity index (χ3v) is 4.26. The molecule has 0 saturated heterocycles. The maximum Gasteiger partial charge on any atom is 0.00964 e. The molecule has 0 aromatic carbocycles. The molecule has 88 valence electrons. The third kappa shape index (κ3) is 3.18. The van der Waals surface area contributed by atoms with Gasteiger partial charge in [-0.2, -0.15) is 0 Å². The first-order valence-electron chi connectivity index (χ1n) is 6.77. The Bertz CT molecular complexity index is 181. The molecule has 2 fully saturated rings. The average molecular weight is 210 g/mol. The molecule has 0 spiro atoms. The molecule has 2 saturated carbocycles. The molecule has 2 rings (SSSR count).